The predicted octanol–water partition coefficient (Wildman–Crippen LogP) is 1.50. The third-order valence-electron chi connectivity index (χ3n) is 4.40. The average molecular weight is 344 g/mol. The molecular weight excluding hydrogens is 325 g/mol. The quantitative estimate of drug-likeness (QED) is 0.872. The van der Waals surface area contributed by atoms with Crippen molar-refractivity contribution in [3.05, 3.63) is 23.9 Å². The first-order valence-electron chi connectivity index (χ1n) is 7.80. The Kier molecular flexibility index (Phi) is 4.29. The van der Waals surface area contributed by atoms with Gasteiger partial charge in [-0.3, -0.25) is 0 Å². The molecule has 2 amide bonds. The van der Waals surface area contributed by atoms with E-state index in [2.05, 4.69) is 15.2 Å². The van der Waals surface area contributed by atoms with Crippen molar-refractivity contribution in [3.8, 4) is 0 Å². The average Bonchev–Trinajstić information content (AvgIpc) is 3.03. The highest BCUT2D eigenvalue weighted by atomic mass is 19.4. The third kappa shape index (κ3) is 3.26. The van der Waals surface area contributed by atoms with Crippen molar-refractivity contribution in [3.63, 3.8) is 0 Å². The zero-order valence-electron chi connectivity index (χ0n) is 13.0. The predicted molar refractivity (Wildman–Crippen MR) is 80.5 cm³/mol. The number of nitrogens with zero attached hydrogens (tertiary/aromatic N) is 3. The molecule has 1 aromatic heterocycles. The van der Waals surface area contributed by atoms with Crippen molar-refractivity contribution in [2.45, 2.75) is 31.2 Å². The summed E-state index contributed by atoms with van der Waals surface area (Å²) in [6.45, 7) is 0.623. The van der Waals surface area contributed by atoms with Gasteiger partial charge in [0.2, 0.25) is 0 Å². The van der Waals surface area contributed by atoms with Crippen LogP contribution in [-0.2, 0) is 6.54 Å². The van der Waals surface area contributed by atoms with Gasteiger partial charge in [-0.2, -0.15) is 13.2 Å². The van der Waals surface area contributed by atoms with Crippen molar-refractivity contribution in [2.24, 2.45) is 0 Å². The Hall–Kier alpha value is -2.03. The number of rotatable bonds is 3. The molecule has 3 rings (SSSR count). The van der Waals surface area contributed by atoms with Crippen LogP contribution in [0.4, 0.5) is 23.8 Å². The largest absolute Gasteiger partial charge is 0.420 e. The van der Waals surface area contributed by atoms with Crippen LogP contribution in [0.1, 0.15) is 18.4 Å². The lowest BCUT2D eigenvalue weighted by Crippen LogP contribution is -2.71. The molecule has 0 atom stereocenters. The van der Waals surface area contributed by atoms with Gasteiger partial charge in [-0.1, -0.05) is 0 Å². The highest BCUT2D eigenvalue weighted by Gasteiger charge is 2.62. The Labute approximate surface area is 137 Å². The van der Waals surface area contributed by atoms with E-state index in [1.165, 1.54) is 0 Å². The second-order valence-corrected chi connectivity index (χ2v) is 6.26. The van der Waals surface area contributed by atoms with E-state index in [1.807, 2.05) is 6.07 Å². The number of carbonyl (C=O) groups is 1. The molecule has 0 saturated carbocycles. The minimum Gasteiger partial charge on any atom is -0.378 e. The topological polar surface area (TPSA) is 68.7 Å². The molecule has 6 nitrogen and oxygen atoms in total. The first-order chi connectivity index (χ1) is 11.3. The molecule has 0 bridgehead atoms. The SMILES string of the molecule is O=C(NCc1ccnc(N2CCCC2)c1)N1CC(O)(C(F)(F)F)C1. The molecule has 1 aromatic rings. The van der Waals surface area contributed by atoms with E-state index in [9.17, 15) is 23.1 Å². The maximum atomic E-state index is 12.5. The summed E-state index contributed by atoms with van der Waals surface area (Å²) < 4.78 is 37.6. The summed E-state index contributed by atoms with van der Waals surface area (Å²) >= 11 is 0. The molecule has 0 radical (unpaired) electrons. The maximum absolute atomic E-state index is 12.5. The molecule has 2 aliphatic rings. The van der Waals surface area contributed by atoms with Crippen LogP contribution in [0.2, 0.25) is 0 Å². The Morgan fingerprint density at radius 2 is 2.00 bits per heavy atom. The molecule has 0 unspecified atom stereocenters. The van der Waals surface area contributed by atoms with Gasteiger partial charge in [0, 0.05) is 25.8 Å². The molecule has 132 valence electrons. The summed E-state index contributed by atoms with van der Waals surface area (Å²) in [4.78, 5) is 19.3. The molecule has 2 N–H and O–H groups in total. The monoisotopic (exact) mass is 344 g/mol. The smallest absolute Gasteiger partial charge is 0.378 e. The Balaban J connectivity index is 1.51. The number of amides is 2. The number of aliphatic hydroxyl groups is 1. The molecule has 2 aliphatic heterocycles. The molecule has 9 heteroatoms. The Morgan fingerprint density at radius 3 is 2.62 bits per heavy atom. The number of urea groups is 1. The maximum Gasteiger partial charge on any atom is 0.420 e. The first-order valence-corrected chi connectivity index (χ1v) is 7.80. The zero-order valence-corrected chi connectivity index (χ0v) is 13.0. The number of anilines is 1. The van der Waals surface area contributed by atoms with Crippen LogP contribution >= 0.6 is 0 Å². The number of likely N-dealkylation sites (tertiary alicyclic amines) is 1. The summed E-state index contributed by atoms with van der Waals surface area (Å²) in [5, 5.41) is 11.9. The van der Waals surface area contributed by atoms with E-state index in [1.54, 1.807) is 12.3 Å². The second kappa shape index (κ2) is 6.12. The Morgan fingerprint density at radius 1 is 1.33 bits per heavy atom. The van der Waals surface area contributed by atoms with E-state index in [-0.39, 0.29) is 6.54 Å². The minimum absolute atomic E-state index is 0.198. The third-order valence-corrected chi connectivity index (χ3v) is 4.40. The fourth-order valence-electron chi connectivity index (χ4n) is 2.89. The number of alkyl halides is 3. The van der Waals surface area contributed by atoms with E-state index in [0.29, 0.717) is 0 Å². The van der Waals surface area contributed by atoms with Crippen LogP contribution in [0, 0.1) is 0 Å². The van der Waals surface area contributed by atoms with E-state index in [0.717, 1.165) is 42.2 Å². The van der Waals surface area contributed by atoms with E-state index < -0.39 is 30.9 Å². The van der Waals surface area contributed by atoms with Gasteiger partial charge in [-0.25, -0.2) is 9.78 Å². The molecule has 24 heavy (non-hydrogen) atoms. The standard InChI is InChI=1S/C15H19F3N4O2/c16-15(17,18)14(24)9-22(10-14)13(23)20-8-11-3-4-19-12(7-11)21-5-1-2-6-21/h3-4,7,24H,1-2,5-6,8-10H2,(H,20,23). The van der Waals surface area contributed by atoms with Crippen LogP contribution in [0.15, 0.2) is 18.3 Å². The molecule has 2 saturated heterocycles. The normalized spacial score (nSPS) is 20.0. The number of hydrogen-bond donors (Lipinski definition) is 2. The number of aromatic nitrogens is 1. The van der Waals surface area contributed by atoms with Gasteiger partial charge in [-0.15, -0.1) is 0 Å². The zero-order chi connectivity index (χ0) is 17.4. The number of carbonyl (C=O) groups excluding carboxylic acids is 1. The van der Waals surface area contributed by atoms with Crippen molar-refractivity contribution < 1.29 is 23.1 Å². The van der Waals surface area contributed by atoms with Crippen molar-refractivity contribution >= 4 is 11.8 Å². The minimum atomic E-state index is -4.72. The molecule has 2 fully saturated rings. The summed E-state index contributed by atoms with van der Waals surface area (Å²) in [5.41, 5.74) is -1.96. The highest BCUT2D eigenvalue weighted by Crippen LogP contribution is 2.37. The fourth-order valence-corrected chi connectivity index (χ4v) is 2.89. The highest BCUT2D eigenvalue weighted by molar-refractivity contribution is 5.75. The lowest BCUT2D eigenvalue weighted by molar-refractivity contribution is -0.294. The lowest BCUT2D eigenvalue weighted by Gasteiger charge is -2.46. The first kappa shape index (κ1) is 16.8. The molecule has 0 spiro atoms. The molecule has 0 aliphatic carbocycles. The van der Waals surface area contributed by atoms with Gasteiger partial charge in [-0.05, 0) is 30.5 Å². The number of nitrogens with one attached hydrogen (secondary N) is 1. The van der Waals surface area contributed by atoms with Crippen molar-refractivity contribution in [1.82, 2.24) is 15.2 Å². The van der Waals surface area contributed by atoms with Crippen molar-refractivity contribution in [1.29, 1.82) is 0 Å². The number of hydrogen-bond acceptors (Lipinski definition) is 4. The van der Waals surface area contributed by atoms with Crippen LogP contribution in [-0.4, -0.2) is 59.0 Å². The molecular formula is C15H19F3N4O2. The van der Waals surface area contributed by atoms with Gasteiger partial charge in [0.15, 0.2) is 5.60 Å². The molecule has 0 aromatic carbocycles. The number of halogens is 3. The van der Waals surface area contributed by atoms with Gasteiger partial charge in [0.25, 0.3) is 0 Å². The Bertz CT molecular complexity index is 611. The van der Waals surface area contributed by atoms with E-state index >= 15 is 0 Å². The summed E-state index contributed by atoms with van der Waals surface area (Å²) in [6, 6.07) is 3.00. The van der Waals surface area contributed by atoms with Gasteiger partial charge in [0.1, 0.15) is 5.82 Å². The van der Waals surface area contributed by atoms with Crippen LogP contribution < -0.4 is 10.2 Å². The summed E-state index contributed by atoms with van der Waals surface area (Å²) in [6.07, 6.45) is -0.819. The molecule has 3 heterocycles. The van der Waals surface area contributed by atoms with Gasteiger partial charge >= 0.3 is 12.2 Å². The van der Waals surface area contributed by atoms with Crippen molar-refractivity contribution in [2.75, 3.05) is 31.1 Å². The second-order valence-electron chi connectivity index (χ2n) is 6.26. The lowest BCUT2D eigenvalue weighted by atomic mass is 9.94. The van der Waals surface area contributed by atoms with Crippen LogP contribution in [0.5, 0.6) is 0 Å². The van der Waals surface area contributed by atoms with Gasteiger partial charge in [0.05, 0.1) is 13.1 Å². The van der Waals surface area contributed by atoms with Crippen LogP contribution in [0.25, 0.3) is 0 Å². The summed E-state index contributed by atoms with van der Waals surface area (Å²) in [7, 11) is 0. The van der Waals surface area contributed by atoms with E-state index in [4.69, 9.17) is 0 Å². The summed E-state index contributed by atoms with van der Waals surface area (Å²) in [5.74, 6) is 0.842. The van der Waals surface area contributed by atoms with Crippen LogP contribution in [0.3, 0.4) is 0 Å². The number of β-amino-alcohol motifs (C(OH)–C–C–N with tert-alkyl or cyclic N) is 1. The van der Waals surface area contributed by atoms with Gasteiger partial charge < -0.3 is 20.2 Å². The fraction of sp³-hybridized carbons (Fsp3) is 0.600. The number of pyridine rings is 1.